The van der Waals surface area contributed by atoms with Crippen LogP contribution in [0, 0.1) is 5.92 Å². The van der Waals surface area contributed by atoms with Gasteiger partial charge in [-0.15, -0.1) is 0 Å². The zero-order valence-corrected chi connectivity index (χ0v) is 10.9. The van der Waals surface area contributed by atoms with E-state index in [4.69, 9.17) is 4.74 Å². The summed E-state index contributed by atoms with van der Waals surface area (Å²) in [7, 11) is 1.73. The van der Waals surface area contributed by atoms with Gasteiger partial charge in [0.15, 0.2) is 0 Å². The molecule has 0 bridgehead atoms. The number of nitrogens with zero attached hydrogens (tertiary/aromatic N) is 1. The first-order valence-corrected chi connectivity index (χ1v) is 6.28. The SMILES string of the molecule is CN(CC1CCOCC1)CC(Br)C(F)(F)F. The molecule has 0 aromatic rings. The Kier molecular flexibility index (Phi) is 5.53. The van der Waals surface area contributed by atoms with Gasteiger partial charge in [0.2, 0.25) is 0 Å². The van der Waals surface area contributed by atoms with Crippen molar-refractivity contribution in [1.82, 2.24) is 4.90 Å². The van der Waals surface area contributed by atoms with Crippen LogP contribution in [0.15, 0.2) is 0 Å². The lowest BCUT2D eigenvalue weighted by atomic mass is 10.00. The van der Waals surface area contributed by atoms with Crippen molar-refractivity contribution in [3.8, 4) is 0 Å². The predicted molar refractivity (Wildman–Crippen MR) is 59.8 cm³/mol. The second-order valence-corrected chi connectivity index (χ2v) is 5.39. The van der Waals surface area contributed by atoms with E-state index in [1.54, 1.807) is 11.9 Å². The minimum atomic E-state index is -4.16. The van der Waals surface area contributed by atoms with Crippen LogP contribution in [0.4, 0.5) is 13.2 Å². The molecule has 6 heteroatoms. The Morgan fingerprint density at radius 2 is 1.94 bits per heavy atom. The molecule has 1 aliphatic heterocycles. The van der Waals surface area contributed by atoms with Crippen molar-refractivity contribution in [2.45, 2.75) is 23.8 Å². The second-order valence-electron chi connectivity index (χ2n) is 4.29. The van der Waals surface area contributed by atoms with Crippen molar-refractivity contribution < 1.29 is 17.9 Å². The molecule has 1 heterocycles. The Labute approximate surface area is 102 Å². The summed E-state index contributed by atoms with van der Waals surface area (Å²) in [6, 6.07) is 0. The highest BCUT2D eigenvalue weighted by molar-refractivity contribution is 9.09. The molecule has 0 aromatic heterocycles. The van der Waals surface area contributed by atoms with Gasteiger partial charge in [0.05, 0.1) is 0 Å². The van der Waals surface area contributed by atoms with Gasteiger partial charge in [-0.25, -0.2) is 0 Å². The van der Waals surface area contributed by atoms with Crippen LogP contribution in [0.2, 0.25) is 0 Å². The van der Waals surface area contributed by atoms with Gasteiger partial charge >= 0.3 is 6.18 Å². The lowest BCUT2D eigenvalue weighted by molar-refractivity contribution is -0.130. The minimum absolute atomic E-state index is 0.000850. The number of hydrogen-bond donors (Lipinski definition) is 0. The van der Waals surface area contributed by atoms with Crippen molar-refractivity contribution in [3.05, 3.63) is 0 Å². The number of rotatable bonds is 4. The van der Waals surface area contributed by atoms with E-state index < -0.39 is 11.0 Å². The van der Waals surface area contributed by atoms with Crippen LogP contribution in [-0.2, 0) is 4.74 Å². The molecule has 0 spiro atoms. The van der Waals surface area contributed by atoms with Crippen LogP contribution in [-0.4, -0.2) is 49.3 Å². The summed E-state index contributed by atoms with van der Waals surface area (Å²) in [6.07, 6.45) is -2.27. The molecule has 1 fully saturated rings. The first-order valence-electron chi connectivity index (χ1n) is 5.36. The van der Waals surface area contributed by atoms with E-state index in [1.807, 2.05) is 0 Å². The van der Waals surface area contributed by atoms with E-state index in [9.17, 15) is 13.2 Å². The number of hydrogen-bond acceptors (Lipinski definition) is 2. The zero-order chi connectivity index (χ0) is 12.2. The summed E-state index contributed by atoms with van der Waals surface area (Å²) in [5.74, 6) is 0.465. The third-order valence-electron chi connectivity index (χ3n) is 2.74. The quantitative estimate of drug-likeness (QED) is 0.741. The molecule has 1 saturated heterocycles. The molecule has 1 atom stereocenters. The van der Waals surface area contributed by atoms with Crippen LogP contribution in [0.25, 0.3) is 0 Å². The molecule has 0 saturated carbocycles. The van der Waals surface area contributed by atoms with E-state index in [2.05, 4.69) is 15.9 Å². The van der Waals surface area contributed by atoms with Crippen LogP contribution < -0.4 is 0 Å². The predicted octanol–water partition coefficient (Wildman–Crippen LogP) is 2.67. The summed E-state index contributed by atoms with van der Waals surface area (Å²) in [6.45, 7) is 2.17. The van der Waals surface area contributed by atoms with Crippen molar-refractivity contribution in [3.63, 3.8) is 0 Å². The number of halogens is 4. The fourth-order valence-electron chi connectivity index (χ4n) is 1.82. The van der Waals surface area contributed by atoms with Gasteiger partial charge < -0.3 is 9.64 Å². The molecule has 96 valence electrons. The molecule has 0 radical (unpaired) electrons. The first kappa shape index (κ1) is 14.3. The van der Waals surface area contributed by atoms with Crippen LogP contribution >= 0.6 is 15.9 Å². The van der Waals surface area contributed by atoms with Gasteiger partial charge in [0.1, 0.15) is 4.83 Å². The summed E-state index contributed by atoms with van der Waals surface area (Å²) in [5, 5.41) is 0. The summed E-state index contributed by atoms with van der Waals surface area (Å²) in [4.78, 5) is 0.299. The Hall–Kier alpha value is 0.190. The highest BCUT2D eigenvalue weighted by atomic mass is 79.9. The van der Waals surface area contributed by atoms with E-state index in [0.717, 1.165) is 26.1 Å². The third kappa shape index (κ3) is 5.01. The van der Waals surface area contributed by atoms with E-state index in [-0.39, 0.29) is 6.54 Å². The smallest absolute Gasteiger partial charge is 0.381 e. The average Bonchev–Trinajstić information content (AvgIpc) is 2.17. The van der Waals surface area contributed by atoms with Gasteiger partial charge in [-0.05, 0) is 25.8 Å². The molecule has 0 aliphatic carbocycles. The van der Waals surface area contributed by atoms with Gasteiger partial charge in [-0.3, -0.25) is 0 Å². The molecular weight excluding hydrogens is 287 g/mol. The molecule has 2 nitrogen and oxygen atoms in total. The number of alkyl halides is 4. The van der Waals surface area contributed by atoms with Crippen molar-refractivity contribution in [2.75, 3.05) is 33.4 Å². The molecule has 1 unspecified atom stereocenters. The average molecular weight is 304 g/mol. The Balaban J connectivity index is 2.26. The Morgan fingerprint density at radius 1 is 1.38 bits per heavy atom. The molecule has 0 aromatic carbocycles. The molecule has 1 rings (SSSR count). The van der Waals surface area contributed by atoms with Crippen molar-refractivity contribution in [2.24, 2.45) is 5.92 Å². The molecule has 1 aliphatic rings. The maximum Gasteiger partial charge on any atom is 0.402 e. The van der Waals surface area contributed by atoms with Crippen LogP contribution in [0.1, 0.15) is 12.8 Å². The highest BCUT2D eigenvalue weighted by Crippen LogP contribution is 2.27. The second kappa shape index (κ2) is 6.21. The molecular formula is C10H17BrF3NO. The minimum Gasteiger partial charge on any atom is -0.381 e. The van der Waals surface area contributed by atoms with Crippen molar-refractivity contribution in [1.29, 1.82) is 0 Å². The van der Waals surface area contributed by atoms with Gasteiger partial charge in [0.25, 0.3) is 0 Å². The lowest BCUT2D eigenvalue weighted by Gasteiger charge is -2.28. The fraction of sp³-hybridized carbons (Fsp3) is 1.00. The van der Waals surface area contributed by atoms with E-state index >= 15 is 0 Å². The summed E-state index contributed by atoms with van der Waals surface area (Å²) >= 11 is 2.67. The maximum absolute atomic E-state index is 12.3. The monoisotopic (exact) mass is 303 g/mol. The van der Waals surface area contributed by atoms with E-state index in [0.29, 0.717) is 12.5 Å². The van der Waals surface area contributed by atoms with Crippen molar-refractivity contribution >= 4 is 15.9 Å². The Bertz CT molecular complexity index is 207. The van der Waals surface area contributed by atoms with Crippen LogP contribution in [0.5, 0.6) is 0 Å². The molecule has 0 N–H and O–H groups in total. The van der Waals surface area contributed by atoms with E-state index in [1.165, 1.54) is 0 Å². The maximum atomic E-state index is 12.3. The third-order valence-corrected chi connectivity index (χ3v) is 3.55. The van der Waals surface area contributed by atoms with Gasteiger partial charge in [-0.2, -0.15) is 13.2 Å². The van der Waals surface area contributed by atoms with Gasteiger partial charge in [-0.1, -0.05) is 15.9 Å². The molecule has 16 heavy (non-hydrogen) atoms. The zero-order valence-electron chi connectivity index (χ0n) is 9.26. The first-order chi connectivity index (χ1) is 7.39. The largest absolute Gasteiger partial charge is 0.402 e. The highest BCUT2D eigenvalue weighted by Gasteiger charge is 2.38. The lowest BCUT2D eigenvalue weighted by Crippen LogP contribution is -2.38. The van der Waals surface area contributed by atoms with Crippen LogP contribution in [0.3, 0.4) is 0 Å². The van der Waals surface area contributed by atoms with Gasteiger partial charge in [0, 0.05) is 26.3 Å². The Morgan fingerprint density at radius 3 is 2.44 bits per heavy atom. The standard InChI is InChI=1S/C10H17BrF3NO/c1-15(7-9(11)10(12,13)14)6-8-2-4-16-5-3-8/h8-9H,2-7H2,1H3. The fourth-order valence-corrected chi connectivity index (χ4v) is 2.32. The molecule has 0 amide bonds. The summed E-state index contributed by atoms with van der Waals surface area (Å²) < 4.78 is 42.1. The topological polar surface area (TPSA) is 12.5 Å². The number of ether oxygens (including phenoxy) is 1. The summed E-state index contributed by atoms with van der Waals surface area (Å²) in [5.41, 5.74) is 0. The normalized spacial score (nSPS) is 21.4.